The van der Waals surface area contributed by atoms with E-state index in [2.05, 4.69) is 15.6 Å². The molecule has 1 fully saturated rings. The minimum absolute atomic E-state index is 0.0674. The molecule has 0 bridgehead atoms. The molecule has 3 aromatic rings. The molecule has 0 radical (unpaired) electrons. The minimum Gasteiger partial charge on any atom is -0.340 e. The van der Waals surface area contributed by atoms with Crippen molar-refractivity contribution in [3.05, 3.63) is 95.8 Å². The molecule has 192 valence electrons. The standard InChI is InChI=1S/C30H34N4O3/c1-2-10-28(35)32-25-15-8-13-23(20-25)29(36)33-26(19-22-11-4-3-5-12-22)30(37)34-18-7-6-16-27(34)24-14-9-17-31-21-24/h3-5,8-9,11-15,17,20-21,26-27H,2,6-7,10,16,18-19H2,1H3,(H,32,35)(H,33,36)/t26-,27?/m0/s1. The van der Waals surface area contributed by atoms with Crippen LogP contribution in [0.2, 0.25) is 0 Å². The van der Waals surface area contributed by atoms with E-state index in [9.17, 15) is 14.4 Å². The van der Waals surface area contributed by atoms with Crippen LogP contribution in [0.4, 0.5) is 5.69 Å². The highest BCUT2D eigenvalue weighted by molar-refractivity contribution is 5.99. The molecule has 37 heavy (non-hydrogen) atoms. The summed E-state index contributed by atoms with van der Waals surface area (Å²) in [5.41, 5.74) is 2.93. The molecule has 3 amide bonds. The number of pyridine rings is 1. The topological polar surface area (TPSA) is 91.4 Å². The van der Waals surface area contributed by atoms with Gasteiger partial charge in [0.15, 0.2) is 0 Å². The number of nitrogens with zero attached hydrogens (tertiary/aromatic N) is 2. The number of carbonyl (C=O) groups is 3. The Morgan fingerprint density at radius 2 is 1.86 bits per heavy atom. The summed E-state index contributed by atoms with van der Waals surface area (Å²) >= 11 is 0. The molecule has 7 heteroatoms. The first-order valence-corrected chi connectivity index (χ1v) is 13.0. The Kier molecular flexibility index (Phi) is 9.03. The molecule has 2 aromatic carbocycles. The summed E-state index contributed by atoms with van der Waals surface area (Å²) in [6, 6.07) is 19.6. The Balaban J connectivity index is 1.56. The van der Waals surface area contributed by atoms with Crippen LogP contribution >= 0.6 is 0 Å². The van der Waals surface area contributed by atoms with Crippen molar-refractivity contribution >= 4 is 23.4 Å². The molecule has 2 atom stereocenters. The normalized spacial score (nSPS) is 16.0. The zero-order chi connectivity index (χ0) is 26.0. The van der Waals surface area contributed by atoms with Crippen molar-refractivity contribution < 1.29 is 14.4 Å². The Hall–Kier alpha value is -4.00. The number of carbonyl (C=O) groups excluding carboxylic acids is 3. The van der Waals surface area contributed by atoms with Gasteiger partial charge in [-0.25, -0.2) is 0 Å². The number of amides is 3. The predicted molar refractivity (Wildman–Crippen MR) is 144 cm³/mol. The van der Waals surface area contributed by atoms with Crippen LogP contribution in [-0.4, -0.2) is 40.2 Å². The van der Waals surface area contributed by atoms with Gasteiger partial charge in [0.2, 0.25) is 11.8 Å². The highest BCUT2D eigenvalue weighted by Gasteiger charge is 2.33. The fraction of sp³-hybridized carbons (Fsp3) is 0.333. The van der Waals surface area contributed by atoms with Crippen LogP contribution < -0.4 is 10.6 Å². The molecule has 1 saturated heterocycles. The molecule has 4 rings (SSSR count). The summed E-state index contributed by atoms with van der Waals surface area (Å²) in [5.74, 6) is -0.544. The lowest BCUT2D eigenvalue weighted by molar-refractivity contribution is -0.137. The van der Waals surface area contributed by atoms with Gasteiger partial charge in [0, 0.05) is 43.0 Å². The summed E-state index contributed by atoms with van der Waals surface area (Å²) in [4.78, 5) is 45.5. The highest BCUT2D eigenvalue weighted by atomic mass is 16.2. The lowest BCUT2D eigenvalue weighted by Gasteiger charge is -2.38. The second kappa shape index (κ2) is 12.8. The number of likely N-dealkylation sites (tertiary alicyclic amines) is 1. The van der Waals surface area contributed by atoms with Gasteiger partial charge in [0.1, 0.15) is 6.04 Å². The van der Waals surface area contributed by atoms with Crippen molar-refractivity contribution in [1.29, 1.82) is 0 Å². The minimum atomic E-state index is -0.731. The summed E-state index contributed by atoms with van der Waals surface area (Å²) in [7, 11) is 0. The van der Waals surface area contributed by atoms with E-state index >= 15 is 0 Å². The Morgan fingerprint density at radius 1 is 1.03 bits per heavy atom. The number of anilines is 1. The van der Waals surface area contributed by atoms with E-state index in [4.69, 9.17) is 0 Å². The van der Waals surface area contributed by atoms with E-state index in [1.165, 1.54) is 0 Å². The third kappa shape index (κ3) is 7.03. The second-order valence-electron chi connectivity index (χ2n) is 9.42. The predicted octanol–water partition coefficient (Wildman–Crippen LogP) is 4.92. The van der Waals surface area contributed by atoms with Crippen molar-refractivity contribution in [2.24, 2.45) is 0 Å². The summed E-state index contributed by atoms with van der Waals surface area (Å²) < 4.78 is 0. The summed E-state index contributed by atoms with van der Waals surface area (Å²) in [5, 5.41) is 5.83. The first-order valence-electron chi connectivity index (χ1n) is 13.0. The Bertz CT molecular complexity index is 1200. The van der Waals surface area contributed by atoms with Crippen molar-refractivity contribution in [2.45, 2.75) is 57.5 Å². The number of hydrogen-bond donors (Lipinski definition) is 2. The number of rotatable bonds is 9. The number of aromatic nitrogens is 1. The fourth-order valence-corrected chi connectivity index (χ4v) is 4.80. The van der Waals surface area contributed by atoms with E-state index in [0.717, 1.165) is 36.8 Å². The Morgan fingerprint density at radius 3 is 2.62 bits per heavy atom. The van der Waals surface area contributed by atoms with Crippen LogP contribution in [0.1, 0.15) is 66.6 Å². The van der Waals surface area contributed by atoms with E-state index in [1.54, 1.807) is 30.5 Å². The molecular formula is C30H34N4O3. The quantitative estimate of drug-likeness (QED) is 0.438. The van der Waals surface area contributed by atoms with E-state index < -0.39 is 6.04 Å². The average Bonchev–Trinajstić information content (AvgIpc) is 2.93. The molecule has 1 unspecified atom stereocenters. The van der Waals surface area contributed by atoms with Gasteiger partial charge < -0.3 is 15.5 Å². The first-order chi connectivity index (χ1) is 18.0. The monoisotopic (exact) mass is 498 g/mol. The molecule has 0 saturated carbocycles. The van der Waals surface area contributed by atoms with Crippen LogP contribution in [0.25, 0.3) is 0 Å². The summed E-state index contributed by atoms with van der Waals surface area (Å²) in [6.07, 6.45) is 7.92. The molecule has 1 aliphatic rings. The van der Waals surface area contributed by atoms with E-state index in [0.29, 0.717) is 30.6 Å². The van der Waals surface area contributed by atoms with E-state index in [-0.39, 0.29) is 23.8 Å². The van der Waals surface area contributed by atoms with Gasteiger partial charge in [0.25, 0.3) is 5.91 Å². The smallest absolute Gasteiger partial charge is 0.252 e. The molecule has 7 nitrogen and oxygen atoms in total. The van der Waals surface area contributed by atoms with Crippen LogP contribution in [0.3, 0.4) is 0 Å². The number of hydrogen-bond acceptors (Lipinski definition) is 4. The second-order valence-corrected chi connectivity index (χ2v) is 9.42. The zero-order valence-corrected chi connectivity index (χ0v) is 21.2. The van der Waals surface area contributed by atoms with Crippen molar-refractivity contribution in [2.75, 3.05) is 11.9 Å². The molecule has 0 spiro atoms. The highest BCUT2D eigenvalue weighted by Crippen LogP contribution is 2.31. The average molecular weight is 499 g/mol. The lowest BCUT2D eigenvalue weighted by Crippen LogP contribution is -2.51. The van der Waals surface area contributed by atoms with E-state index in [1.807, 2.05) is 60.5 Å². The van der Waals surface area contributed by atoms with Crippen molar-refractivity contribution in [3.63, 3.8) is 0 Å². The molecule has 1 aromatic heterocycles. The number of piperidine rings is 1. The fourth-order valence-electron chi connectivity index (χ4n) is 4.80. The Labute approximate surface area is 218 Å². The summed E-state index contributed by atoms with van der Waals surface area (Å²) in [6.45, 7) is 2.58. The van der Waals surface area contributed by atoms with Crippen molar-refractivity contribution in [3.8, 4) is 0 Å². The largest absolute Gasteiger partial charge is 0.340 e. The number of benzene rings is 2. The number of nitrogens with one attached hydrogen (secondary N) is 2. The lowest BCUT2D eigenvalue weighted by atomic mass is 9.94. The maximum atomic E-state index is 14.0. The van der Waals surface area contributed by atoms with Crippen molar-refractivity contribution in [1.82, 2.24) is 15.2 Å². The van der Waals surface area contributed by atoms with Gasteiger partial charge >= 0.3 is 0 Å². The molecule has 1 aliphatic heterocycles. The van der Waals surface area contributed by atoms with Crippen LogP contribution in [-0.2, 0) is 16.0 Å². The van der Waals surface area contributed by atoms with Gasteiger partial charge in [-0.1, -0.05) is 49.4 Å². The SMILES string of the molecule is CCCC(=O)Nc1cccc(C(=O)N[C@@H](Cc2ccccc2)C(=O)N2CCCCC2c2cccnc2)c1. The van der Waals surface area contributed by atoms with Crippen LogP contribution in [0.15, 0.2) is 79.1 Å². The molecule has 0 aliphatic carbocycles. The zero-order valence-electron chi connectivity index (χ0n) is 21.2. The van der Waals surface area contributed by atoms with Gasteiger partial charge in [0.05, 0.1) is 6.04 Å². The maximum Gasteiger partial charge on any atom is 0.252 e. The van der Waals surface area contributed by atoms with Gasteiger partial charge in [-0.15, -0.1) is 0 Å². The molecule has 2 heterocycles. The van der Waals surface area contributed by atoms with Crippen LogP contribution in [0, 0.1) is 0 Å². The maximum absolute atomic E-state index is 14.0. The molecular weight excluding hydrogens is 464 g/mol. The third-order valence-electron chi connectivity index (χ3n) is 6.63. The van der Waals surface area contributed by atoms with Gasteiger partial charge in [-0.3, -0.25) is 19.4 Å². The van der Waals surface area contributed by atoms with Gasteiger partial charge in [-0.05, 0) is 61.1 Å². The van der Waals surface area contributed by atoms with Gasteiger partial charge in [-0.2, -0.15) is 0 Å². The molecule has 2 N–H and O–H groups in total. The first kappa shape index (κ1) is 26.1. The third-order valence-corrected chi connectivity index (χ3v) is 6.63. The van der Waals surface area contributed by atoms with Crippen LogP contribution in [0.5, 0.6) is 0 Å².